The third-order valence-corrected chi connectivity index (χ3v) is 6.08. The molecular formula is C24H27N3O6S. The van der Waals surface area contributed by atoms with Gasteiger partial charge in [-0.3, -0.25) is 4.79 Å². The number of esters is 1. The lowest BCUT2D eigenvalue weighted by Crippen LogP contribution is -2.30. The number of carbonyl (C=O) groups excluding carboxylic acids is 2. The molecule has 2 aromatic heterocycles. The van der Waals surface area contributed by atoms with Crippen molar-refractivity contribution in [3.63, 3.8) is 0 Å². The molecule has 0 spiro atoms. The molecule has 0 saturated heterocycles. The molecule has 1 N–H and O–H groups in total. The van der Waals surface area contributed by atoms with E-state index in [1.54, 1.807) is 32.5 Å². The number of ether oxygens (including phenoxy) is 3. The van der Waals surface area contributed by atoms with Gasteiger partial charge >= 0.3 is 5.97 Å². The molecule has 0 unspecified atom stereocenters. The predicted molar refractivity (Wildman–Crippen MR) is 126 cm³/mol. The van der Waals surface area contributed by atoms with Crippen molar-refractivity contribution in [1.29, 1.82) is 0 Å². The zero-order valence-electron chi connectivity index (χ0n) is 19.5. The van der Waals surface area contributed by atoms with E-state index in [1.807, 2.05) is 32.0 Å². The van der Waals surface area contributed by atoms with E-state index in [4.69, 9.17) is 18.7 Å². The van der Waals surface area contributed by atoms with Crippen LogP contribution < -0.4 is 14.8 Å². The fraction of sp³-hybridized carbons (Fsp3) is 0.333. The van der Waals surface area contributed by atoms with Crippen molar-refractivity contribution in [2.75, 3.05) is 27.4 Å². The second-order valence-electron chi connectivity index (χ2n) is 7.31. The van der Waals surface area contributed by atoms with Crippen molar-refractivity contribution in [1.82, 2.24) is 15.5 Å². The van der Waals surface area contributed by atoms with Crippen molar-refractivity contribution in [2.24, 2.45) is 0 Å². The normalized spacial score (nSPS) is 10.6. The number of hydrogen-bond acceptors (Lipinski definition) is 9. The highest BCUT2D eigenvalue weighted by molar-refractivity contribution is 7.98. The molecule has 3 rings (SSSR count). The lowest BCUT2D eigenvalue weighted by Gasteiger charge is -2.11. The number of aromatic nitrogens is 2. The molecule has 0 aliphatic heterocycles. The van der Waals surface area contributed by atoms with Gasteiger partial charge in [0.15, 0.2) is 18.1 Å². The van der Waals surface area contributed by atoms with Gasteiger partial charge in [0.25, 0.3) is 5.91 Å². The van der Waals surface area contributed by atoms with Crippen LogP contribution in [0.4, 0.5) is 0 Å². The van der Waals surface area contributed by atoms with E-state index in [9.17, 15) is 9.59 Å². The summed E-state index contributed by atoms with van der Waals surface area (Å²) in [5, 5.41) is 7.20. The Morgan fingerprint density at radius 2 is 1.91 bits per heavy atom. The van der Waals surface area contributed by atoms with Crippen LogP contribution in [0.25, 0.3) is 0 Å². The maximum absolute atomic E-state index is 12.6. The number of nitrogens with one attached hydrogen (secondary N) is 1. The van der Waals surface area contributed by atoms with Gasteiger partial charge in [-0.25, -0.2) is 9.78 Å². The maximum atomic E-state index is 12.6. The van der Waals surface area contributed by atoms with Gasteiger partial charge in [0.05, 0.1) is 25.5 Å². The first kappa shape index (κ1) is 25.1. The largest absolute Gasteiger partial charge is 0.493 e. The molecule has 0 atom stereocenters. The van der Waals surface area contributed by atoms with Gasteiger partial charge in [0, 0.05) is 24.1 Å². The van der Waals surface area contributed by atoms with Crippen LogP contribution in [-0.2, 0) is 21.7 Å². The summed E-state index contributed by atoms with van der Waals surface area (Å²) >= 11 is 1.38. The van der Waals surface area contributed by atoms with Crippen molar-refractivity contribution in [3.05, 3.63) is 64.7 Å². The van der Waals surface area contributed by atoms with Gasteiger partial charge in [0.2, 0.25) is 0 Å². The number of thioether (sulfide) groups is 1. The zero-order chi connectivity index (χ0) is 24.5. The first-order chi connectivity index (χ1) is 16.4. The summed E-state index contributed by atoms with van der Waals surface area (Å²) in [5.41, 5.74) is 3.04. The third kappa shape index (κ3) is 6.50. The van der Waals surface area contributed by atoms with Crippen molar-refractivity contribution >= 4 is 23.6 Å². The Bertz CT molecular complexity index is 1130. The highest BCUT2D eigenvalue weighted by Crippen LogP contribution is 2.28. The molecule has 2 heterocycles. The van der Waals surface area contributed by atoms with E-state index in [-0.39, 0.29) is 12.5 Å². The predicted octanol–water partition coefficient (Wildman–Crippen LogP) is 3.51. The summed E-state index contributed by atoms with van der Waals surface area (Å²) in [6.45, 7) is 3.71. The number of nitrogens with zero attached hydrogens (tertiary/aromatic N) is 2. The summed E-state index contributed by atoms with van der Waals surface area (Å²) in [7, 11) is 3.14. The number of hydrogen-bond donors (Lipinski definition) is 1. The second kappa shape index (κ2) is 12.1. The van der Waals surface area contributed by atoms with E-state index in [0.717, 1.165) is 22.6 Å². The van der Waals surface area contributed by atoms with E-state index >= 15 is 0 Å². The Balaban J connectivity index is 1.48. The van der Waals surface area contributed by atoms with Gasteiger partial charge in [-0.1, -0.05) is 11.2 Å². The SMILES string of the molecule is COc1ccc(CCNC(=O)COC(=O)c2cccnc2SCc2c(C)noc2C)cc1OC. The molecule has 9 nitrogen and oxygen atoms in total. The molecule has 180 valence electrons. The summed E-state index contributed by atoms with van der Waals surface area (Å²) < 4.78 is 20.9. The van der Waals surface area contributed by atoms with Gasteiger partial charge in [-0.15, -0.1) is 11.8 Å². The highest BCUT2D eigenvalue weighted by atomic mass is 32.2. The number of methoxy groups -OCH3 is 2. The Labute approximate surface area is 202 Å². The van der Waals surface area contributed by atoms with Crippen LogP contribution in [0.5, 0.6) is 11.5 Å². The quantitative estimate of drug-likeness (QED) is 0.322. The first-order valence-electron chi connectivity index (χ1n) is 10.6. The topological polar surface area (TPSA) is 113 Å². The number of rotatable bonds is 11. The van der Waals surface area contributed by atoms with Gasteiger partial charge in [0.1, 0.15) is 10.8 Å². The van der Waals surface area contributed by atoms with Crippen LogP contribution in [-0.4, -0.2) is 49.4 Å². The second-order valence-corrected chi connectivity index (χ2v) is 8.28. The third-order valence-electron chi connectivity index (χ3n) is 5.04. The summed E-state index contributed by atoms with van der Waals surface area (Å²) in [4.78, 5) is 29.0. The highest BCUT2D eigenvalue weighted by Gasteiger charge is 2.17. The maximum Gasteiger partial charge on any atom is 0.341 e. The average molecular weight is 486 g/mol. The molecule has 34 heavy (non-hydrogen) atoms. The van der Waals surface area contributed by atoms with Crippen LogP contribution in [0.15, 0.2) is 46.1 Å². The lowest BCUT2D eigenvalue weighted by atomic mass is 10.1. The molecule has 0 aliphatic carbocycles. The van der Waals surface area contributed by atoms with Gasteiger partial charge < -0.3 is 24.1 Å². The van der Waals surface area contributed by atoms with Crippen LogP contribution in [0, 0.1) is 13.8 Å². The van der Waals surface area contributed by atoms with E-state index in [1.165, 1.54) is 11.8 Å². The minimum absolute atomic E-state index is 0.303. The summed E-state index contributed by atoms with van der Waals surface area (Å²) in [6, 6.07) is 8.85. The average Bonchev–Trinajstić information content (AvgIpc) is 3.18. The van der Waals surface area contributed by atoms with Crippen molar-refractivity contribution in [3.8, 4) is 11.5 Å². The number of aryl methyl sites for hydroxylation is 2. The van der Waals surface area contributed by atoms with E-state index in [0.29, 0.717) is 40.8 Å². The standard InChI is InChI=1S/C24H27N3O6S/c1-15-19(16(2)33-27-15)14-34-23-18(6-5-10-26-23)24(29)32-13-22(28)25-11-9-17-7-8-20(30-3)21(12-17)31-4/h5-8,10,12H,9,11,13-14H2,1-4H3,(H,25,28). The molecule has 1 amide bonds. The molecule has 0 radical (unpaired) electrons. The first-order valence-corrected chi connectivity index (χ1v) is 11.6. The fourth-order valence-electron chi connectivity index (χ4n) is 3.15. The smallest absolute Gasteiger partial charge is 0.341 e. The Morgan fingerprint density at radius 1 is 1.12 bits per heavy atom. The number of carbonyl (C=O) groups is 2. The molecular weight excluding hydrogens is 458 g/mol. The van der Waals surface area contributed by atoms with Crippen LogP contribution >= 0.6 is 11.8 Å². The van der Waals surface area contributed by atoms with Crippen molar-refractivity contribution < 1.29 is 28.3 Å². The monoisotopic (exact) mass is 485 g/mol. The van der Waals surface area contributed by atoms with Crippen LogP contribution in [0.2, 0.25) is 0 Å². The number of amides is 1. The minimum atomic E-state index is -0.607. The molecule has 10 heteroatoms. The number of pyridine rings is 1. The molecule has 3 aromatic rings. The Hall–Kier alpha value is -3.53. The molecule has 0 fully saturated rings. The Kier molecular flexibility index (Phi) is 8.92. The van der Waals surface area contributed by atoms with Gasteiger partial charge in [-0.2, -0.15) is 0 Å². The van der Waals surface area contributed by atoms with Crippen molar-refractivity contribution in [2.45, 2.75) is 31.0 Å². The van der Waals surface area contributed by atoms with E-state index < -0.39 is 5.97 Å². The number of benzene rings is 1. The zero-order valence-corrected chi connectivity index (χ0v) is 20.4. The van der Waals surface area contributed by atoms with E-state index in [2.05, 4.69) is 15.5 Å². The molecule has 0 bridgehead atoms. The van der Waals surface area contributed by atoms with Crippen LogP contribution in [0.1, 0.15) is 32.9 Å². The summed E-state index contributed by atoms with van der Waals surface area (Å²) in [5.74, 6) is 1.55. The molecule has 1 aromatic carbocycles. The summed E-state index contributed by atoms with van der Waals surface area (Å²) in [6.07, 6.45) is 2.19. The molecule has 0 saturated carbocycles. The lowest BCUT2D eigenvalue weighted by molar-refractivity contribution is -0.124. The Morgan fingerprint density at radius 3 is 2.62 bits per heavy atom. The fourth-order valence-corrected chi connectivity index (χ4v) is 4.29. The van der Waals surface area contributed by atoms with Crippen LogP contribution in [0.3, 0.4) is 0 Å². The van der Waals surface area contributed by atoms with Gasteiger partial charge in [-0.05, 0) is 50.1 Å². The molecule has 0 aliphatic rings. The minimum Gasteiger partial charge on any atom is -0.493 e.